The molecule has 1 unspecified atom stereocenters. The predicted octanol–water partition coefficient (Wildman–Crippen LogP) is 2.92. The molecule has 2 aromatic carbocycles. The van der Waals surface area contributed by atoms with E-state index >= 15 is 0 Å². The number of primary amides is 1. The van der Waals surface area contributed by atoms with E-state index in [4.69, 9.17) is 15.2 Å². The maximum Gasteiger partial charge on any atom is 0.230 e. The summed E-state index contributed by atoms with van der Waals surface area (Å²) >= 11 is 1.46. The Bertz CT molecular complexity index is 938. The van der Waals surface area contributed by atoms with Crippen molar-refractivity contribution < 1.29 is 14.3 Å². The smallest absolute Gasteiger partial charge is 0.230 e. The van der Waals surface area contributed by atoms with Gasteiger partial charge in [-0.1, -0.05) is 12.1 Å². The average Bonchev–Trinajstić information content (AvgIpc) is 3.00. The Morgan fingerprint density at radius 3 is 2.56 bits per heavy atom. The first kappa shape index (κ1) is 19.1. The zero-order chi connectivity index (χ0) is 19.4. The molecule has 1 heterocycles. The number of hydrogen-bond acceptors (Lipinski definition) is 5. The van der Waals surface area contributed by atoms with Crippen LogP contribution in [0.3, 0.4) is 0 Å². The highest BCUT2D eigenvalue weighted by atomic mass is 32.2. The zero-order valence-electron chi connectivity index (χ0n) is 15.6. The van der Waals surface area contributed by atoms with Crippen molar-refractivity contribution in [2.24, 2.45) is 12.8 Å². The van der Waals surface area contributed by atoms with Gasteiger partial charge in [0.25, 0.3) is 0 Å². The fourth-order valence-corrected chi connectivity index (χ4v) is 3.45. The van der Waals surface area contributed by atoms with E-state index in [1.54, 1.807) is 7.11 Å². The van der Waals surface area contributed by atoms with E-state index in [9.17, 15) is 4.79 Å². The van der Waals surface area contributed by atoms with Crippen molar-refractivity contribution in [3.05, 3.63) is 53.9 Å². The third-order valence-corrected chi connectivity index (χ3v) is 5.46. The molecule has 1 amide bonds. The highest BCUT2D eigenvalue weighted by Gasteiger charge is 2.14. The number of carbonyl (C=O) groups is 1. The van der Waals surface area contributed by atoms with Gasteiger partial charge in [-0.25, -0.2) is 4.98 Å². The third kappa shape index (κ3) is 4.36. The topological polar surface area (TPSA) is 79.4 Å². The van der Waals surface area contributed by atoms with E-state index < -0.39 is 0 Å². The minimum Gasteiger partial charge on any atom is -0.497 e. The summed E-state index contributed by atoms with van der Waals surface area (Å²) in [6.45, 7) is 0.363. The number of ether oxygens (including phenoxy) is 2. The lowest BCUT2D eigenvalue weighted by molar-refractivity contribution is -0.117. The number of benzene rings is 2. The summed E-state index contributed by atoms with van der Waals surface area (Å²) in [5.74, 6) is 2.09. The number of amides is 1. The molecule has 0 radical (unpaired) electrons. The Morgan fingerprint density at radius 1 is 1.22 bits per heavy atom. The maximum absolute atomic E-state index is 11.4. The van der Waals surface area contributed by atoms with Gasteiger partial charge in [-0.2, -0.15) is 11.8 Å². The van der Waals surface area contributed by atoms with Crippen molar-refractivity contribution in [2.75, 3.05) is 13.4 Å². The van der Waals surface area contributed by atoms with Crippen molar-refractivity contribution in [3.63, 3.8) is 0 Å². The van der Waals surface area contributed by atoms with E-state index in [2.05, 4.69) is 4.98 Å². The lowest BCUT2D eigenvalue weighted by Gasteiger charge is -2.11. The number of aromatic nitrogens is 2. The van der Waals surface area contributed by atoms with Gasteiger partial charge in [-0.05, 0) is 42.5 Å². The van der Waals surface area contributed by atoms with Gasteiger partial charge in [-0.3, -0.25) is 4.79 Å². The van der Waals surface area contributed by atoms with Gasteiger partial charge >= 0.3 is 0 Å². The Labute approximate surface area is 162 Å². The standard InChI is InChI=1S/C20H23N3O3S/c1-23-17-11-15(25-2)8-9-16(17)22-19(23)12-26-14-6-4-13(5-7-14)10-18(27-3)20(21)24/h4-9,11,18H,10,12H2,1-3H3,(H2,21,24). The summed E-state index contributed by atoms with van der Waals surface area (Å²) in [6, 6.07) is 13.5. The number of methoxy groups -OCH3 is 1. The van der Waals surface area contributed by atoms with Crippen LogP contribution in [0.4, 0.5) is 0 Å². The predicted molar refractivity (Wildman–Crippen MR) is 108 cm³/mol. The second-order valence-electron chi connectivity index (χ2n) is 6.21. The van der Waals surface area contributed by atoms with Gasteiger partial charge in [0.2, 0.25) is 5.91 Å². The first-order chi connectivity index (χ1) is 13.0. The van der Waals surface area contributed by atoms with E-state index in [1.165, 1.54) is 11.8 Å². The molecule has 2 N–H and O–H groups in total. The number of carbonyl (C=O) groups excluding carboxylic acids is 1. The lowest BCUT2D eigenvalue weighted by Crippen LogP contribution is -2.27. The average molecular weight is 385 g/mol. The molecule has 27 heavy (non-hydrogen) atoms. The van der Waals surface area contributed by atoms with Crippen LogP contribution in [-0.2, 0) is 24.9 Å². The molecule has 0 fully saturated rings. The summed E-state index contributed by atoms with van der Waals surface area (Å²) in [6.07, 6.45) is 2.50. The highest BCUT2D eigenvalue weighted by Crippen LogP contribution is 2.22. The molecule has 7 heteroatoms. The second kappa shape index (κ2) is 8.35. The van der Waals surface area contributed by atoms with Crippen LogP contribution in [0.15, 0.2) is 42.5 Å². The van der Waals surface area contributed by atoms with Gasteiger partial charge in [-0.15, -0.1) is 0 Å². The van der Waals surface area contributed by atoms with E-state index in [0.29, 0.717) is 13.0 Å². The zero-order valence-corrected chi connectivity index (χ0v) is 16.5. The van der Waals surface area contributed by atoms with Crippen molar-refractivity contribution >= 4 is 28.7 Å². The Balaban J connectivity index is 1.67. The quantitative estimate of drug-likeness (QED) is 0.645. The first-order valence-electron chi connectivity index (χ1n) is 8.55. The van der Waals surface area contributed by atoms with E-state index in [0.717, 1.165) is 33.9 Å². The Morgan fingerprint density at radius 2 is 1.93 bits per heavy atom. The summed E-state index contributed by atoms with van der Waals surface area (Å²) in [5, 5.41) is -0.214. The molecule has 0 aliphatic rings. The molecule has 0 saturated heterocycles. The van der Waals surface area contributed by atoms with Crippen LogP contribution in [0, 0.1) is 0 Å². The normalized spacial score (nSPS) is 12.1. The van der Waals surface area contributed by atoms with Crippen LogP contribution in [0.25, 0.3) is 11.0 Å². The van der Waals surface area contributed by atoms with Crippen LogP contribution in [0.1, 0.15) is 11.4 Å². The molecule has 3 aromatic rings. The summed E-state index contributed by atoms with van der Waals surface area (Å²) in [7, 11) is 3.61. The Kier molecular flexibility index (Phi) is 5.91. The fourth-order valence-electron chi connectivity index (χ4n) is 2.86. The molecule has 6 nitrogen and oxygen atoms in total. The monoisotopic (exact) mass is 385 g/mol. The van der Waals surface area contributed by atoms with Crippen LogP contribution in [-0.4, -0.2) is 34.1 Å². The molecule has 0 saturated carbocycles. The van der Waals surface area contributed by atoms with Gasteiger partial charge in [0.05, 0.1) is 23.4 Å². The second-order valence-corrected chi connectivity index (χ2v) is 7.25. The van der Waals surface area contributed by atoms with Crippen molar-refractivity contribution in [2.45, 2.75) is 18.3 Å². The van der Waals surface area contributed by atoms with Gasteiger partial charge < -0.3 is 19.8 Å². The maximum atomic E-state index is 11.4. The molecule has 0 aliphatic carbocycles. The van der Waals surface area contributed by atoms with Gasteiger partial charge in [0.1, 0.15) is 23.9 Å². The minimum absolute atomic E-state index is 0.214. The van der Waals surface area contributed by atoms with E-state index in [-0.39, 0.29) is 11.2 Å². The number of imidazole rings is 1. The van der Waals surface area contributed by atoms with Gasteiger partial charge in [0, 0.05) is 13.1 Å². The summed E-state index contributed by atoms with van der Waals surface area (Å²) in [4.78, 5) is 16.0. The molecular formula is C20H23N3O3S. The fraction of sp³-hybridized carbons (Fsp3) is 0.300. The van der Waals surface area contributed by atoms with Crippen LogP contribution in [0.2, 0.25) is 0 Å². The highest BCUT2D eigenvalue weighted by molar-refractivity contribution is 7.99. The van der Waals surface area contributed by atoms with Crippen molar-refractivity contribution in [3.8, 4) is 11.5 Å². The first-order valence-corrected chi connectivity index (χ1v) is 9.83. The number of hydrogen-bond donors (Lipinski definition) is 1. The molecule has 0 bridgehead atoms. The number of fused-ring (bicyclic) bond motifs is 1. The van der Waals surface area contributed by atoms with Crippen molar-refractivity contribution in [1.82, 2.24) is 9.55 Å². The molecule has 1 aromatic heterocycles. The number of thioether (sulfide) groups is 1. The number of rotatable bonds is 8. The van der Waals surface area contributed by atoms with Crippen LogP contribution >= 0.6 is 11.8 Å². The molecule has 0 aliphatic heterocycles. The summed E-state index contributed by atoms with van der Waals surface area (Å²) < 4.78 is 13.2. The third-order valence-electron chi connectivity index (χ3n) is 4.49. The lowest BCUT2D eigenvalue weighted by atomic mass is 10.1. The molecule has 1 atom stereocenters. The van der Waals surface area contributed by atoms with Crippen LogP contribution in [0.5, 0.6) is 11.5 Å². The molecule has 0 spiro atoms. The molecular weight excluding hydrogens is 362 g/mol. The molecule has 3 rings (SSSR count). The number of aryl methyl sites for hydroxylation is 1. The largest absolute Gasteiger partial charge is 0.497 e. The minimum atomic E-state index is -0.290. The number of nitrogens with zero attached hydrogens (tertiary/aromatic N) is 2. The number of nitrogens with two attached hydrogens (primary N) is 1. The van der Waals surface area contributed by atoms with Crippen molar-refractivity contribution in [1.29, 1.82) is 0 Å². The van der Waals surface area contributed by atoms with Gasteiger partial charge in [0.15, 0.2) is 0 Å². The van der Waals surface area contributed by atoms with Crippen LogP contribution < -0.4 is 15.2 Å². The summed E-state index contributed by atoms with van der Waals surface area (Å²) in [5.41, 5.74) is 8.35. The van der Waals surface area contributed by atoms with E-state index in [1.807, 2.05) is 60.3 Å². The SMILES string of the molecule is COc1ccc2nc(COc3ccc(CC(SC)C(N)=O)cc3)n(C)c2c1. The molecule has 142 valence electrons. The Hall–Kier alpha value is -2.67.